The number of aromatic hydroxyl groups is 1. The highest BCUT2D eigenvalue weighted by Gasteiger charge is 2.35. The molecule has 33 heavy (non-hydrogen) atoms. The molecule has 0 saturated carbocycles. The summed E-state index contributed by atoms with van der Waals surface area (Å²) in [5.74, 6) is -0.582. The largest absolute Gasteiger partial charge is 0.508 e. The van der Waals surface area contributed by atoms with E-state index in [0.29, 0.717) is 17.5 Å². The summed E-state index contributed by atoms with van der Waals surface area (Å²) in [4.78, 5) is 40.4. The lowest BCUT2D eigenvalue weighted by Crippen LogP contribution is -2.52. The molecule has 0 heterocycles. The summed E-state index contributed by atoms with van der Waals surface area (Å²) in [5.41, 5.74) is 0.512. The molecule has 0 saturated heterocycles. The van der Waals surface area contributed by atoms with Crippen molar-refractivity contribution in [2.75, 3.05) is 6.54 Å². The average molecular weight is 464 g/mol. The van der Waals surface area contributed by atoms with Crippen molar-refractivity contribution in [3.8, 4) is 5.75 Å². The van der Waals surface area contributed by atoms with Crippen LogP contribution in [0.2, 0.25) is 0 Å². The Kier molecular flexibility index (Phi) is 10.7. The van der Waals surface area contributed by atoms with Crippen molar-refractivity contribution >= 4 is 17.9 Å². The van der Waals surface area contributed by atoms with Crippen LogP contribution in [0.3, 0.4) is 0 Å². The highest BCUT2D eigenvalue weighted by Crippen LogP contribution is 2.29. The van der Waals surface area contributed by atoms with Gasteiger partial charge in [0.25, 0.3) is 0 Å². The first-order chi connectivity index (χ1) is 15.3. The third-order valence-corrected chi connectivity index (χ3v) is 5.31. The number of phenols is 1. The Labute approximate surface area is 198 Å². The Morgan fingerprint density at radius 2 is 1.79 bits per heavy atom. The van der Waals surface area contributed by atoms with Gasteiger partial charge in [-0.05, 0) is 77.6 Å². The van der Waals surface area contributed by atoms with E-state index in [1.807, 2.05) is 27.7 Å². The van der Waals surface area contributed by atoms with Crippen molar-refractivity contribution in [1.82, 2.24) is 15.5 Å². The lowest BCUT2D eigenvalue weighted by molar-refractivity contribution is -0.143. The fraction of sp³-hybridized carbons (Fsp3) is 0.640. The highest BCUT2D eigenvalue weighted by atomic mass is 16.6. The van der Waals surface area contributed by atoms with Gasteiger partial charge in [0.1, 0.15) is 23.9 Å². The summed E-state index contributed by atoms with van der Waals surface area (Å²) in [6.07, 6.45) is 1.64. The van der Waals surface area contributed by atoms with Crippen LogP contribution < -0.4 is 10.6 Å². The van der Waals surface area contributed by atoms with Crippen molar-refractivity contribution < 1.29 is 24.2 Å². The summed E-state index contributed by atoms with van der Waals surface area (Å²) in [6.45, 7) is 14.4. The number of alkyl carbamates (subject to hydrolysis) is 1. The summed E-state index contributed by atoms with van der Waals surface area (Å²) >= 11 is 0. The predicted molar refractivity (Wildman–Crippen MR) is 129 cm³/mol. The van der Waals surface area contributed by atoms with E-state index in [9.17, 15) is 19.5 Å². The number of benzene rings is 1. The minimum Gasteiger partial charge on any atom is -0.508 e. The van der Waals surface area contributed by atoms with Gasteiger partial charge < -0.3 is 25.4 Å². The molecule has 3 N–H and O–H groups in total. The zero-order chi connectivity index (χ0) is 25.3. The molecule has 3 atom stereocenters. The molecule has 0 aromatic heterocycles. The van der Waals surface area contributed by atoms with Crippen LogP contribution >= 0.6 is 0 Å². The van der Waals surface area contributed by atoms with Crippen LogP contribution in [0.15, 0.2) is 18.2 Å². The van der Waals surface area contributed by atoms with Crippen molar-refractivity contribution in [1.29, 1.82) is 0 Å². The lowest BCUT2D eigenvalue weighted by Gasteiger charge is -2.36. The number of rotatable bonds is 10. The van der Waals surface area contributed by atoms with Gasteiger partial charge in [0.2, 0.25) is 11.8 Å². The lowest BCUT2D eigenvalue weighted by atomic mass is 9.98. The molecule has 8 nitrogen and oxygen atoms in total. The molecule has 3 unspecified atom stereocenters. The minimum absolute atomic E-state index is 0.0583. The number of hydrogen-bond acceptors (Lipinski definition) is 5. The van der Waals surface area contributed by atoms with E-state index in [2.05, 4.69) is 10.6 Å². The fourth-order valence-corrected chi connectivity index (χ4v) is 3.51. The van der Waals surface area contributed by atoms with Gasteiger partial charge in [-0.2, -0.15) is 0 Å². The van der Waals surface area contributed by atoms with E-state index < -0.39 is 23.6 Å². The molecule has 1 aromatic carbocycles. The number of carbonyl (C=O) groups is 3. The minimum atomic E-state index is -0.911. The molecule has 0 aliphatic carbocycles. The van der Waals surface area contributed by atoms with Gasteiger partial charge in [-0.25, -0.2) is 4.79 Å². The van der Waals surface area contributed by atoms with Crippen LogP contribution in [0.1, 0.15) is 84.9 Å². The molecule has 186 valence electrons. The Hall–Kier alpha value is -2.77. The molecular formula is C25H41N3O5. The molecule has 0 fully saturated rings. The van der Waals surface area contributed by atoms with E-state index in [-0.39, 0.29) is 30.3 Å². The number of phenolic OH excluding ortho intramolecular Hbond substituents is 1. The van der Waals surface area contributed by atoms with Crippen LogP contribution in [0.5, 0.6) is 5.75 Å². The highest BCUT2D eigenvalue weighted by molar-refractivity contribution is 5.90. The zero-order valence-corrected chi connectivity index (χ0v) is 21.3. The second-order valence-corrected chi connectivity index (χ2v) is 9.56. The standard InChI is InChI=1S/C25H41N3O5/c1-9-11-17(4)27-23(31)22(19-12-13-20(29)16(3)14-19)28(18(5)10-2)21(30)15-26-24(32)33-25(6,7)8/h12-14,17-18,22,29H,9-11,15H2,1-8H3,(H,26,32)(H,27,31). The van der Waals surface area contributed by atoms with E-state index >= 15 is 0 Å². The number of amides is 3. The molecule has 0 spiro atoms. The van der Waals surface area contributed by atoms with Gasteiger partial charge in [-0.1, -0.05) is 26.3 Å². The fourth-order valence-electron chi connectivity index (χ4n) is 3.51. The van der Waals surface area contributed by atoms with Gasteiger partial charge in [0, 0.05) is 12.1 Å². The van der Waals surface area contributed by atoms with Gasteiger partial charge in [0.05, 0.1) is 0 Å². The second kappa shape index (κ2) is 12.5. The molecule has 0 radical (unpaired) electrons. The molecule has 3 amide bonds. The van der Waals surface area contributed by atoms with Gasteiger partial charge >= 0.3 is 6.09 Å². The summed E-state index contributed by atoms with van der Waals surface area (Å²) < 4.78 is 5.23. The first kappa shape index (κ1) is 28.3. The molecule has 1 rings (SSSR count). The molecule has 8 heteroatoms. The van der Waals surface area contributed by atoms with E-state index in [1.165, 1.54) is 11.0 Å². The molecule has 1 aromatic rings. The van der Waals surface area contributed by atoms with Gasteiger partial charge in [-0.3, -0.25) is 9.59 Å². The average Bonchev–Trinajstić information content (AvgIpc) is 2.70. The Morgan fingerprint density at radius 1 is 1.15 bits per heavy atom. The SMILES string of the molecule is CCCC(C)NC(=O)C(c1ccc(O)c(C)c1)N(C(=O)CNC(=O)OC(C)(C)C)C(C)CC. The number of aryl methyl sites for hydroxylation is 1. The topological polar surface area (TPSA) is 108 Å². The number of hydrogen-bond donors (Lipinski definition) is 3. The molecule has 0 aliphatic rings. The smallest absolute Gasteiger partial charge is 0.408 e. The molecular weight excluding hydrogens is 422 g/mol. The maximum absolute atomic E-state index is 13.4. The van der Waals surface area contributed by atoms with Crippen molar-refractivity contribution in [2.24, 2.45) is 0 Å². The Balaban J connectivity index is 3.30. The third kappa shape index (κ3) is 8.94. The number of ether oxygens (including phenoxy) is 1. The molecule has 0 aliphatic heterocycles. The molecule has 0 bridgehead atoms. The number of nitrogens with one attached hydrogen (secondary N) is 2. The third-order valence-electron chi connectivity index (χ3n) is 5.31. The summed E-state index contributed by atoms with van der Waals surface area (Å²) in [7, 11) is 0. The Bertz CT molecular complexity index is 819. The first-order valence-electron chi connectivity index (χ1n) is 11.7. The summed E-state index contributed by atoms with van der Waals surface area (Å²) in [5, 5.41) is 15.5. The van der Waals surface area contributed by atoms with E-state index in [1.54, 1.807) is 39.8 Å². The summed E-state index contributed by atoms with van der Waals surface area (Å²) in [6, 6.07) is 3.65. The monoisotopic (exact) mass is 463 g/mol. The second-order valence-electron chi connectivity index (χ2n) is 9.56. The van der Waals surface area contributed by atoms with E-state index in [4.69, 9.17) is 4.74 Å². The zero-order valence-electron chi connectivity index (χ0n) is 21.3. The van der Waals surface area contributed by atoms with Crippen LogP contribution in [0.4, 0.5) is 4.79 Å². The predicted octanol–water partition coefficient (Wildman–Crippen LogP) is 4.20. The van der Waals surface area contributed by atoms with Crippen molar-refractivity contribution in [3.63, 3.8) is 0 Å². The van der Waals surface area contributed by atoms with E-state index in [0.717, 1.165) is 12.8 Å². The maximum Gasteiger partial charge on any atom is 0.408 e. The van der Waals surface area contributed by atoms with Crippen LogP contribution in [-0.4, -0.2) is 52.1 Å². The quantitative estimate of drug-likeness (QED) is 0.482. The maximum atomic E-state index is 13.4. The normalized spacial score (nSPS) is 14.1. The van der Waals surface area contributed by atoms with Crippen LogP contribution in [0, 0.1) is 6.92 Å². The number of carbonyl (C=O) groups excluding carboxylic acids is 3. The van der Waals surface area contributed by atoms with Crippen molar-refractivity contribution in [3.05, 3.63) is 29.3 Å². The van der Waals surface area contributed by atoms with Crippen LogP contribution in [0.25, 0.3) is 0 Å². The van der Waals surface area contributed by atoms with Crippen molar-refractivity contribution in [2.45, 2.75) is 98.4 Å². The van der Waals surface area contributed by atoms with Crippen LogP contribution in [-0.2, 0) is 14.3 Å². The van der Waals surface area contributed by atoms with Gasteiger partial charge in [-0.15, -0.1) is 0 Å². The van der Waals surface area contributed by atoms with Gasteiger partial charge in [0.15, 0.2) is 0 Å². The Morgan fingerprint density at radius 3 is 2.30 bits per heavy atom. The number of nitrogens with zero attached hydrogens (tertiary/aromatic N) is 1. The first-order valence-corrected chi connectivity index (χ1v) is 11.7.